The highest BCUT2D eigenvalue weighted by Gasteiger charge is 2.12. The Hall–Kier alpha value is -2.62. The first-order valence-electron chi connectivity index (χ1n) is 9.41. The van der Waals surface area contributed by atoms with Crippen LogP contribution in [0.15, 0.2) is 72.8 Å². The van der Waals surface area contributed by atoms with E-state index in [4.69, 9.17) is 10.7 Å². The van der Waals surface area contributed by atoms with Gasteiger partial charge in [-0.2, -0.15) is 0 Å². The van der Waals surface area contributed by atoms with Crippen LogP contribution in [0.5, 0.6) is 0 Å². The normalized spacial score (nSPS) is 11.4. The van der Waals surface area contributed by atoms with Crippen LogP contribution in [0.25, 0.3) is 32.9 Å². The lowest BCUT2D eigenvalue weighted by atomic mass is 10.0. The van der Waals surface area contributed by atoms with Gasteiger partial charge in [0.1, 0.15) is 0 Å². The monoisotopic (exact) mass is 391 g/mol. The molecule has 0 spiro atoms. The summed E-state index contributed by atoms with van der Waals surface area (Å²) in [5.41, 5.74) is 10.2. The summed E-state index contributed by atoms with van der Waals surface area (Å²) in [6, 6.07) is 25.3. The van der Waals surface area contributed by atoms with E-state index >= 15 is 0 Å². The molecule has 3 nitrogen and oxygen atoms in total. The SMILES string of the molecule is CC(C)(N)CCNc1cc(-c2ccc3ccccc3c2)nc2ccccc12.Cl. The van der Waals surface area contributed by atoms with Crippen LogP contribution in [0, 0.1) is 0 Å². The Labute approximate surface area is 172 Å². The van der Waals surface area contributed by atoms with Crippen LogP contribution in [0.2, 0.25) is 0 Å². The number of nitrogens with one attached hydrogen (secondary N) is 1. The Morgan fingerprint density at radius 2 is 1.61 bits per heavy atom. The summed E-state index contributed by atoms with van der Waals surface area (Å²) >= 11 is 0. The van der Waals surface area contributed by atoms with E-state index in [1.54, 1.807) is 0 Å². The van der Waals surface area contributed by atoms with Crippen LogP contribution < -0.4 is 11.1 Å². The van der Waals surface area contributed by atoms with Crippen LogP contribution in [0.4, 0.5) is 5.69 Å². The van der Waals surface area contributed by atoms with Gasteiger partial charge in [0, 0.05) is 28.7 Å². The molecule has 1 heterocycles. The molecule has 0 radical (unpaired) electrons. The number of hydrogen-bond acceptors (Lipinski definition) is 3. The molecule has 0 fully saturated rings. The van der Waals surface area contributed by atoms with Crippen molar-refractivity contribution in [2.45, 2.75) is 25.8 Å². The molecule has 0 aliphatic rings. The van der Waals surface area contributed by atoms with Crippen molar-refractivity contribution < 1.29 is 0 Å². The van der Waals surface area contributed by atoms with Crippen LogP contribution >= 0.6 is 12.4 Å². The molecule has 0 aliphatic carbocycles. The van der Waals surface area contributed by atoms with E-state index in [2.05, 4.69) is 85.9 Å². The third-order valence-electron chi connectivity index (χ3n) is 4.85. The minimum atomic E-state index is -0.184. The number of para-hydroxylation sites is 1. The van der Waals surface area contributed by atoms with Crippen molar-refractivity contribution in [3.8, 4) is 11.3 Å². The third-order valence-corrected chi connectivity index (χ3v) is 4.85. The molecule has 0 saturated heterocycles. The number of rotatable bonds is 5. The summed E-state index contributed by atoms with van der Waals surface area (Å²) < 4.78 is 0. The lowest BCUT2D eigenvalue weighted by Gasteiger charge is -2.19. The molecule has 4 aromatic rings. The zero-order chi connectivity index (χ0) is 18.9. The highest BCUT2D eigenvalue weighted by molar-refractivity contribution is 5.95. The van der Waals surface area contributed by atoms with E-state index in [9.17, 15) is 0 Å². The van der Waals surface area contributed by atoms with Gasteiger partial charge in [-0.3, -0.25) is 0 Å². The van der Waals surface area contributed by atoms with Crippen LogP contribution in [0.3, 0.4) is 0 Å². The zero-order valence-corrected chi connectivity index (χ0v) is 17.1. The van der Waals surface area contributed by atoms with E-state index in [1.165, 1.54) is 10.8 Å². The average molecular weight is 392 g/mol. The van der Waals surface area contributed by atoms with Gasteiger partial charge < -0.3 is 11.1 Å². The second kappa shape index (κ2) is 8.17. The van der Waals surface area contributed by atoms with Crippen molar-refractivity contribution >= 4 is 39.8 Å². The van der Waals surface area contributed by atoms with Crippen LogP contribution in [-0.2, 0) is 0 Å². The molecule has 0 aliphatic heterocycles. The van der Waals surface area contributed by atoms with Crippen molar-refractivity contribution in [2.24, 2.45) is 5.73 Å². The number of halogens is 1. The maximum atomic E-state index is 6.13. The fraction of sp³-hybridized carbons (Fsp3) is 0.208. The largest absolute Gasteiger partial charge is 0.384 e. The number of nitrogens with two attached hydrogens (primary N) is 1. The molecule has 1 aromatic heterocycles. The lowest BCUT2D eigenvalue weighted by Crippen LogP contribution is -2.34. The first-order valence-corrected chi connectivity index (χ1v) is 9.41. The maximum absolute atomic E-state index is 6.13. The average Bonchev–Trinajstić information content (AvgIpc) is 2.66. The summed E-state index contributed by atoms with van der Waals surface area (Å²) in [5.74, 6) is 0. The summed E-state index contributed by atoms with van der Waals surface area (Å²) in [7, 11) is 0. The quantitative estimate of drug-likeness (QED) is 0.437. The number of hydrogen-bond donors (Lipinski definition) is 2. The van der Waals surface area contributed by atoms with Crippen LogP contribution in [0.1, 0.15) is 20.3 Å². The predicted octanol–water partition coefficient (Wildman–Crippen LogP) is 6.02. The lowest BCUT2D eigenvalue weighted by molar-refractivity contribution is 0.491. The topological polar surface area (TPSA) is 50.9 Å². The van der Waals surface area contributed by atoms with E-state index in [1.807, 2.05) is 6.07 Å². The first-order chi connectivity index (χ1) is 13.0. The molecule has 0 saturated carbocycles. The predicted molar refractivity (Wildman–Crippen MR) is 123 cm³/mol. The van der Waals surface area contributed by atoms with Gasteiger partial charge in [0.2, 0.25) is 0 Å². The van der Waals surface area contributed by atoms with E-state index in [0.29, 0.717) is 0 Å². The van der Waals surface area contributed by atoms with Gasteiger partial charge in [0.05, 0.1) is 11.2 Å². The Morgan fingerprint density at radius 1 is 0.893 bits per heavy atom. The molecule has 4 heteroatoms. The molecule has 4 rings (SSSR count). The minimum absolute atomic E-state index is 0. The summed E-state index contributed by atoms with van der Waals surface area (Å²) in [6.45, 7) is 4.94. The number of pyridine rings is 1. The number of benzene rings is 3. The Balaban J connectivity index is 0.00000225. The number of fused-ring (bicyclic) bond motifs is 2. The summed E-state index contributed by atoms with van der Waals surface area (Å²) in [4.78, 5) is 4.91. The summed E-state index contributed by atoms with van der Waals surface area (Å²) in [5, 5.41) is 7.18. The molecule has 144 valence electrons. The Kier molecular flexibility index (Phi) is 5.87. The van der Waals surface area contributed by atoms with Crippen molar-refractivity contribution in [3.05, 3.63) is 72.8 Å². The third kappa shape index (κ3) is 4.44. The number of aromatic nitrogens is 1. The highest BCUT2D eigenvalue weighted by Crippen LogP contribution is 2.30. The first kappa shape index (κ1) is 20.1. The van der Waals surface area contributed by atoms with E-state index in [-0.39, 0.29) is 17.9 Å². The maximum Gasteiger partial charge on any atom is 0.0730 e. The zero-order valence-electron chi connectivity index (χ0n) is 16.3. The van der Waals surface area contributed by atoms with Gasteiger partial charge in [-0.1, -0.05) is 54.6 Å². The molecule has 3 N–H and O–H groups in total. The molecule has 3 aromatic carbocycles. The van der Waals surface area contributed by atoms with Gasteiger partial charge >= 0.3 is 0 Å². The molecule has 0 unspecified atom stereocenters. The van der Waals surface area contributed by atoms with Gasteiger partial charge in [-0.05, 0) is 49.2 Å². The fourth-order valence-electron chi connectivity index (χ4n) is 3.34. The fourth-order valence-corrected chi connectivity index (χ4v) is 3.34. The van der Waals surface area contributed by atoms with E-state index < -0.39 is 0 Å². The molecule has 0 bridgehead atoms. The Morgan fingerprint density at radius 3 is 2.39 bits per heavy atom. The van der Waals surface area contributed by atoms with E-state index in [0.717, 1.165) is 40.8 Å². The number of anilines is 1. The molecule has 0 amide bonds. The molecular weight excluding hydrogens is 366 g/mol. The molecule has 0 atom stereocenters. The smallest absolute Gasteiger partial charge is 0.0730 e. The highest BCUT2D eigenvalue weighted by atomic mass is 35.5. The number of nitrogens with zero attached hydrogens (tertiary/aromatic N) is 1. The summed E-state index contributed by atoms with van der Waals surface area (Å²) in [6.07, 6.45) is 0.898. The van der Waals surface area contributed by atoms with Gasteiger partial charge in [-0.15, -0.1) is 12.4 Å². The molecular formula is C24H26ClN3. The second-order valence-corrected chi connectivity index (χ2v) is 7.80. The van der Waals surface area contributed by atoms with Gasteiger partial charge in [0.25, 0.3) is 0 Å². The molecule has 28 heavy (non-hydrogen) atoms. The van der Waals surface area contributed by atoms with Crippen molar-refractivity contribution in [2.75, 3.05) is 11.9 Å². The van der Waals surface area contributed by atoms with Gasteiger partial charge in [0.15, 0.2) is 0 Å². The Bertz CT molecular complexity index is 1100. The standard InChI is InChI=1S/C24H25N3.ClH/c1-24(2,25)13-14-26-23-16-22(27-21-10-6-5-9-20(21)23)19-12-11-17-7-3-4-8-18(17)15-19;/h3-12,15-16H,13-14,25H2,1-2H3,(H,26,27);1H. The van der Waals surface area contributed by atoms with Crippen LogP contribution in [-0.4, -0.2) is 17.1 Å². The van der Waals surface area contributed by atoms with Crippen molar-refractivity contribution in [1.82, 2.24) is 4.98 Å². The van der Waals surface area contributed by atoms with Crippen molar-refractivity contribution in [1.29, 1.82) is 0 Å². The second-order valence-electron chi connectivity index (χ2n) is 7.80. The van der Waals surface area contributed by atoms with Crippen molar-refractivity contribution in [3.63, 3.8) is 0 Å². The van der Waals surface area contributed by atoms with Gasteiger partial charge in [-0.25, -0.2) is 4.98 Å². The minimum Gasteiger partial charge on any atom is -0.384 e.